The molecule has 0 aromatic carbocycles. The molecule has 5 unspecified atom stereocenters. The third-order valence-electron chi connectivity index (χ3n) is 5.65. The van der Waals surface area contributed by atoms with E-state index in [0.29, 0.717) is 11.9 Å². The van der Waals surface area contributed by atoms with Crippen LogP contribution < -0.4 is 10.9 Å². The lowest BCUT2D eigenvalue weighted by Crippen LogP contribution is -2.39. The number of nitrogens with one attached hydrogen (secondary N) is 2. The molecule has 0 radical (unpaired) electrons. The van der Waals surface area contributed by atoms with Gasteiger partial charge >= 0.3 is 0 Å². The summed E-state index contributed by atoms with van der Waals surface area (Å²) in [6.45, 7) is 8.12. The number of aryl methyl sites for hydroxylation is 2. The smallest absolute Gasteiger partial charge is 0.255 e. The van der Waals surface area contributed by atoms with Gasteiger partial charge in [-0.3, -0.25) is 4.79 Å². The molecule has 4 nitrogen and oxygen atoms in total. The average Bonchev–Trinajstić information content (AvgIpc) is 2.99. The number of nitrogens with zero attached hydrogens (tertiary/aromatic N) is 1. The highest BCUT2D eigenvalue weighted by atomic mass is 16.1. The Morgan fingerprint density at radius 3 is 2.57 bits per heavy atom. The van der Waals surface area contributed by atoms with Crippen LogP contribution in [0.5, 0.6) is 0 Å². The number of hydrogen-bond donors (Lipinski definition) is 2. The topological polar surface area (TPSA) is 57.8 Å². The van der Waals surface area contributed by atoms with Crippen molar-refractivity contribution in [3.05, 3.63) is 27.4 Å². The molecule has 2 aliphatic rings. The van der Waals surface area contributed by atoms with Crippen molar-refractivity contribution in [2.75, 3.05) is 0 Å². The predicted octanol–water partition coefficient (Wildman–Crippen LogP) is 2.86. The highest BCUT2D eigenvalue weighted by Gasteiger charge is 2.42. The largest absolute Gasteiger partial charge is 0.310 e. The van der Waals surface area contributed by atoms with Gasteiger partial charge in [0.05, 0.1) is 5.56 Å². The van der Waals surface area contributed by atoms with E-state index < -0.39 is 0 Å². The standard InChI is InChI=1S/C17H27N3O/c1-9(15-8-13-5-6-14(15)7-13)18-10(2)16-11(3)19-12(4)20-17(16)21/h9-10,13-15,18H,5-8H2,1-4H3,(H,19,20,21). The summed E-state index contributed by atoms with van der Waals surface area (Å²) >= 11 is 0. The van der Waals surface area contributed by atoms with Crippen LogP contribution in [0.15, 0.2) is 4.79 Å². The molecule has 0 amide bonds. The van der Waals surface area contributed by atoms with E-state index in [1.807, 2.05) is 13.8 Å². The molecule has 2 bridgehead atoms. The first-order chi connectivity index (χ1) is 9.95. The van der Waals surface area contributed by atoms with Crippen molar-refractivity contribution in [2.24, 2.45) is 17.8 Å². The van der Waals surface area contributed by atoms with Crippen LogP contribution in [0, 0.1) is 31.6 Å². The molecule has 2 fully saturated rings. The van der Waals surface area contributed by atoms with Crippen LogP contribution in [0.4, 0.5) is 0 Å². The lowest BCUT2D eigenvalue weighted by atomic mass is 9.83. The Kier molecular flexibility index (Phi) is 3.91. The highest BCUT2D eigenvalue weighted by Crippen LogP contribution is 2.49. The van der Waals surface area contributed by atoms with Gasteiger partial charge in [0.25, 0.3) is 5.56 Å². The third-order valence-corrected chi connectivity index (χ3v) is 5.65. The molecule has 0 saturated heterocycles. The second-order valence-electron chi connectivity index (χ2n) is 7.17. The van der Waals surface area contributed by atoms with E-state index in [9.17, 15) is 4.79 Å². The Morgan fingerprint density at radius 2 is 2.00 bits per heavy atom. The Hall–Kier alpha value is -1.16. The number of fused-ring (bicyclic) bond motifs is 2. The van der Waals surface area contributed by atoms with Crippen molar-refractivity contribution in [1.82, 2.24) is 15.3 Å². The van der Waals surface area contributed by atoms with Crippen LogP contribution in [-0.4, -0.2) is 16.0 Å². The minimum Gasteiger partial charge on any atom is -0.310 e. The van der Waals surface area contributed by atoms with Gasteiger partial charge in [0.2, 0.25) is 0 Å². The van der Waals surface area contributed by atoms with Gasteiger partial charge < -0.3 is 10.3 Å². The van der Waals surface area contributed by atoms with Crippen LogP contribution in [0.2, 0.25) is 0 Å². The maximum atomic E-state index is 12.2. The van der Waals surface area contributed by atoms with Gasteiger partial charge in [0, 0.05) is 17.8 Å². The van der Waals surface area contributed by atoms with Crippen molar-refractivity contribution in [2.45, 2.75) is 65.5 Å². The van der Waals surface area contributed by atoms with Crippen LogP contribution in [0.3, 0.4) is 0 Å². The van der Waals surface area contributed by atoms with Gasteiger partial charge in [0.1, 0.15) is 5.82 Å². The van der Waals surface area contributed by atoms with Crippen molar-refractivity contribution in [3.63, 3.8) is 0 Å². The summed E-state index contributed by atoms with van der Waals surface area (Å²) in [6, 6.07) is 0.520. The zero-order valence-corrected chi connectivity index (χ0v) is 13.6. The van der Waals surface area contributed by atoms with Crippen molar-refractivity contribution in [3.8, 4) is 0 Å². The summed E-state index contributed by atoms with van der Waals surface area (Å²) in [5.41, 5.74) is 1.63. The van der Waals surface area contributed by atoms with E-state index in [1.54, 1.807) is 0 Å². The molecule has 5 atom stereocenters. The second-order valence-corrected chi connectivity index (χ2v) is 7.17. The van der Waals surface area contributed by atoms with Gasteiger partial charge in [-0.25, -0.2) is 4.98 Å². The summed E-state index contributed by atoms with van der Waals surface area (Å²) in [7, 11) is 0. The molecule has 1 aromatic heterocycles. The van der Waals surface area contributed by atoms with Crippen molar-refractivity contribution in [1.29, 1.82) is 0 Å². The third kappa shape index (κ3) is 2.78. The number of hydrogen-bond acceptors (Lipinski definition) is 3. The molecule has 2 N–H and O–H groups in total. The average molecular weight is 289 g/mol. The van der Waals surface area contributed by atoms with E-state index in [4.69, 9.17) is 0 Å². The summed E-state index contributed by atoms with van der Waals surface area (Å²) in [5, 5.41) is 3.66. The van der Waals surface area contributed by atoms with Crippen molar-refractivity contribution >= 4 is 0 Å². The van der Waals surface area contributed by atoms with E-state index >= 15 is 0 Å². The highest BCUT2D eigenvalue weighted by molar-refractivity contribution is 5.20. The summed E-state index contributed by atoms with van der Waals surface area (Å²) in [6.07, 6.45) is 5.63. The van der Waals surface area contributed by atoms with Gasteiger partial charge in [-0.2, -0.15) is 0 Å². The van der Waals surface area contributed by atoms with E-state index in [-0.39, 0.29) is 11.6 Å². The first-order valence-electron chi connectivity index (χ1n) is 8.29. The SMILES string of the molecule is Cc1nc(C)c(C(C)NC(C)C2CC3CCC2C3)c(=O)[nH]1. The second kappa shape index (κ2) is 5.56. The molecular formula is C17H27N3O. The summed E-state index contributed by atoms with van der Waals surface area (Å²) < 4.78 is 0. The zero-order valence-electron chi connectivity index (χ0n) is 13.6. The summed E-state index contributed by atoms with van der Waals surface area (Å²) in [5.74, 6) is 3.34. The normalized spacial score (nSPS) is 30.6. The molecule has 2 aliphatic carbocycles. The molecule has 0 aliphatic heterocycles. The first kappa shape index (κ1) is 14.8. The minimum absolute atomic E-state index is 0.000132. The van der Waals surface area contributed by atoms with Crippen LogP contribution >= 0.6 is 0 Å². The van der Waals surface area contributed by atoms with Crippen LogP contribution in [0.25, 0.3) is 0 Å². The Morgan fingerprint density at radius 1 is 1.24 bits per heavy atom. The molecule has 2 saturated carbocycles. The Balaban J connectivity index is 1.72. The van der Waals surface area contributed by atoms with E-state index in [0.717, 1.165) is 29.0 Å². The monoisotopic (exact) mass is 289 g/mol. The van der Waals surface area contributed by atoms with Gasteiger partial charge in [0.15, 0.2) is 0 Å². The molecular weight excluding hydrogens is 262 g/mol. The van der Waals surface area contributed by atoms with Crippen LogP contribution in [-0.2, 0) is 0 Å². The lowest BCUT2D eigenvalue weighted by Gasteiger charge is -2.31. The molecule has 4 heteroatoms. The zero-order chi connectivity index (χ0) is 15.1. The molecule has 3 rings (SSSR count). The molecule has 1 aromatic rings. The van der Waals surface area contributed by atoms with E-state index in [2.05, 4.69) is 29.1 Å². The maximum absolute atomic E-state index is 12.2. The van der Waals surface area contributed by atoms with E-state index in [1.165, 1.54) is 25.7 Å². The fourth-order valence-electron chi connectivity index (χ4n) is 4.75. The number of rotatable bonds is 4. The number of H-pyrrole nitrogens is 1. The minimum atomic E-state index is 0.000132. The summed E-state index contributed by atoms with van der Waals surface area (Å²) in [4.78, 5) is 19.4. The van der Waals surface area contributed by atoms with Gasteiger partial charge in [-0.15, -0.1) is 0 Å². The lowest BCUT2D eigenvalue weighted by molar-refractivity contribution is 0.248. The quantitative estimate of drug-likeness (QED) is 0.896. The fraction of sp³-hybridized carbons (Fsp3) is 0.765. The van der Waals surface area contributed by atoms with Crippen LogP contribution in [0.1, 0.15) is 62.7 Å². The molecule has 116 valence electrons. The van der Waals surface area contributed by atoms with Gasteiger partial charge in [-0.05, 0) is 64.7 Å². The fourth-order valence-corrected chi connectivity index (χ4v) is 4.75. The predicted molar refractivity (Wildman–Crippen MR) is 84.3 cm³/mol. The Bertz CT molecular complexity index is 580. The molecule has 21 heavy (non-hydrogen) atoms. The first-order valence-corrected chi connectivity index (χ1v) is 8.29. The molecule has 1 heterocycles. The number of aromatic nitrogens is 2. The molecule has 0 spiro atoms. The van der Waals surface area contributed by atoms with Crippen molar-refractivity contribution < 1.29 is 0 Å². The van der Waals surface area contributed by atoms with Gasteiger partial charge in [-0.1, -0.05) is 6.42 Å². The number of aromatic amines is 1. The maximum Gasteiger partial charge on any atom is 0.255 e. The Labute approximate surface area is 126 Å².